The molecule has 1 aliphatic rings. The normalized spacial score (nSPS) is 15.0. The maximum Gasteiger partial charge on any atom is 0.338 e. The Morgan fingerprint density at radius 3 is 2.73 bits per heavy atom. The smallest absolute Gasteiger partial charge is 0.338 e. The predicted octanol–water partition coefficient (Wildman–Crippen LogP) is 4.63. The molecule has 0 bridgehead atoms. The summed E-state index contributed by atoms with van der Waals surface area (Å²) < 4.78 is 18.0. The molecule has 10 nitrogen and oxygen atoms in total. The predicted molar refractivity (Wildman–Crippen MR) is 149 cm³/mol. The van der Waals surface area contributed by atoms with Crippen molar-refractivity contribution < 1.29 is 23.6 Å². The number of halogens is 1. The highest BCUT2D eigenvalue weighted by Gasteiger charge is 2.34. The van der Waals surface area contributed by atoms with Gasteiger partial charge in [-0.25, -0.2) is 9.79 Å². The Labute approximate surface area is 236 Å². The van der Waals surface area contributed by atoms with E-state index in [-0.39, 0.29) is 29.2 Å². The molecular formula is C28H22ClN3O7S. The molecule has 0 radical (unpaired) electrons. The van der Waals surface area contributed by atoms with Crippen molar-refractivity contribution in [2.75, 3.05) is 13.7 Å². The fraction of sp³-hybridized carbons (Fsp3) is 0.179. The molecule has 2 aromatic carbocycles. The van der Waals surface area contributed by atoms with Crippen molar-refractivity contribution in [3.05, 3.63) is 112 Å². The van der Waals surface area contributed by atoms with Crippen molar-refractivity contribution in [2.45, 2.75) is 19.9 Å². The van der Waals surface area contributed by atoms with Gasteiger partial charge in [-0.2, -0.15) is 0 Å². The van der Waals surface area contributed by atoms with Crippen molar-refractivity contribution in [1.29, 1.82) is 0 Å². The average Bonchev–Trinajstić information content (AvgIpc) is 3.52. The zero-order chi connectivity index (χ0) is 28.6. The number of fused-ring (bicyclic) bond motifs is 1. The first-order valence-electron chi connectivity index (χ1n) is 12.1. The number of furan rings is 1. The van der Waals surface area contributed by atoms with Crippen molar-refractivity contribution in [3.63, 3.8) is 0 Å². The number of allylic oxidation sites excluding steroid dienone is 1. The molecule has 5 rings (SSSR count). The van der Waals surface area contributed by atoms with E-state index in [9.17, 15) is 19.7 Å². The second-order valence-electron chi connectivity index (χ2n) is 8.67. The number of nitro benzene ring substituents is 1. The van der Waals surface area contributed by atoms with Crippen LogP contribution in [0.15, 0.2) is 80.1 Å². The van der Waals surface area contributed by atoms with E-state index in [1.807, 2.05) is 0 Å². The van der Waals surface area contributed by atoms with Crippen LogP contribution in [0.5, 0.6) is 5.75 Å². The molecule has 40 heavy (non-hydrogen) atoms. The number of esters is 1. The molecule has 0 saturated carbocycles. The summed E-state index contributed by atoms with van der Waals surface area (Å²) in [6, 6.07) is 13.8. The van der Waals surface area contributed by atoms with Gasteiger partial charge in [0, 0.05) is 11.1 Å². The van der Waals surface area contributed by atoms with Crippen LogP contribution in [0.1, 0.15) is 31.2 Å². The maximum atomic E-state index is 13.8. The van der Waals surface area contributed by atoms with E-state index in [0.29, 0.717) is 37.1 Å². The van der Waals surface area contributed by atoms with E-state index < -0.39 is 22.5 Å². The van der Waals surface area contributed by atoms with Gasteiger partial charge in [-0.05, 0) is 49.7 Å². The topological polar surface area (TPSA) is 126 Å². The van der Waals surface area contributed by atoms with Crippen LogP contribution in [-0.4, -0.2) is 29.2 Å². The molecular weight excluding hydrogens is 558 g/mol. The minimum Gasteiger partial charge on any atom is -0.497 e. The lowest BCUT2D eigenvalue weighted by molar-refractivity contribution is -0.384. The monoisotopic (exact) mass is 579 g/mol. The summed E-state index contributed by atoms with van der Waals surface area (Å²) in [6.45, 7) is 3.54. The first kappa shape index (κ1) is 27.1. The molecule has 0 aliphatic carbocycles. The molecule has 204 valence electrons. The molecule has 0 spiro atoms. The molecule has 0 fully saturated rings. The van der Waals surface area contributed by atoms with Crippen LogP contribution in [-0.2, 0) is 9.53 Å². The van der Waals surface area contributed by atoms with Gasteiger partial charge in [0.15, 0.2) is 4.80 Å². The summed E-state index contributed by atoms with van der Waals surface area (Å²) >= 11 is 7.65. The van der Waals surface area contributed by atoms with Crippen LogP contribution in [0.4, 0.5) is 5.69 Å². The van der Waals surface area contributed by atoms with Gasteiger partial charge in [-0.15, -0.1) is 0 Å². The second kappa shape index (κ2) is 10.9. The number of rotatable bonds is 7. The Bertz CT molecular complexity index is 1870. The van der Waals surface area contributed by atoms with Gasteiger partial charge in [0.05, 0.1) is 46.1 Å². The standard InChI is InChI=1S/C28H22ClN3O7S/c1-4-38-27(34)24-15(2)30-28-31(25(24)18-7-5-6-8-20(18)29)26(33)23(40-28)14-17-10-12-22(39-17)19-11-9-16(37-3)13-21(19)32(35)36/h5-14,25H,4H2,1-3H3/b23-14-/t25-/m1/s1. The van der Waals surface area contributed by atoms with E-state index in [1.165, 1.54) is 29.9 Å². The number of carbonyl (C=O) groups is 1. The number of carbonyl (C=O) groups excluding carboxylic acids is 1. The van der Waals surface area contributed by atoms with Gasteiger partial charge >= 0.3 is 5.97 Å². The molecule has 3 heterocycles. The number of methoxy groups -OCH3 is 1. The van der Waals surface area contributed by atoms with Crippen LogP contribution in [0.25, 0.3) is 17.4 Å². The molecule has 1 aliphatic heterocycles. The fourth-order valence-electron chi connectivity index (χ4n) is 4.48. The molecule has 0 N–H and O–H groups in total. The van der Waals surface area contributed by atoms with Crippen LogP contribution in [0, 0.1) is 10.1 Å². The summed E-state index contributed by atoms with van der Waals surface area (Å²) in [5.41, 5.74) is 0.878. The SMILES string of the molecule is CCOC(=O)C1=C(C)N=c2s/c(=C\c3ccc(-c4ccc(OC)cc4[N+](=O)[O-])o3)c(=O)n2[C@@H]1c1ccccc1Cl. The van der Waals surface area contributed by atoms with Crippen molar-refractivity contribution in [1.82, 2.24) is 4.57 Å². The van der Waals surface area contributed by atoms with Gasteiger partial charge < -0.3 is 13.9 Å². The number of nitro groups is 1. The Morgan fingerprint density at radius 2 is 2.02 bits per heavy atom. The van der Waals surface area contributed by atoms with Crippen LogP contribution in [0.2, 0.25) is 5.02 Å². The van der Waals surface area contributed by atoms with E-state index in [4.69, 9.17) is 25.5 Å². The van der Waals surface area contributed by atoms with Crippen molar-refractivity contribution in [2.24, 2.45) is 4.99 Å². The Hall–Kier alpha value is -4.48. The summed E-state index contributed by atoms with van der Waals surface area (Å²) in [7, 11) is 1.42. The van der Waals surface area contributed by atoms with E-state index in [0.717, 1.165) is 11.3 Å². The van der Waals surface area contributed by atoms with E-state index >= 15 is 0 Å². The van der Waals surface area contributed by atoms with Crippen LogP contribution < -0.4 is 19.6 Å². The van der Waals surface area contributed by atoms with Gasteiger partial charge in [0.1, 0.15) is 23.3 Å². The summed E-state index contributed by atoms with van der Waals surface area (Å²) in [6.07, 6.45) is 1.54. The number of thiazole rings is 1. The van der Waals surface area contributed by atoms with Gasteiger partial charge in [0.25, 0.3) is 11.2 Å². The number of hydrogen-bond donors (Lipinski definition) is 0. The molecule has 0 amide bonds. The number of ether oxygens (including phenoxy) is 2. The summed E-state index contributed by atoms with van der Waals surface area (Å²) in [5.74, 6) is 0.317. The highest BCUT2D eigenvalue weighted by atomic mass is 35.5. The van der Waals surface area contributed by atoms with Gasteiger partial charge in [0.2, 0.25) is 0 Å². The van der Waals surface area contributed by atoms with Gasteiger partial charge in [-0.1, -0.05) is 41.1 Å². The highest BCUT2D eigenvalue weighted by molar-refractivity contribution is 7.07. The Kier molecular flexibility index (Phi) is 7.42. The summed E-state index contributed by atoms with van der Waals surface area (Å²) in [4.78, 5) is 42.8. The van der Waals surface area contributed by atoms with Crippen molar-refractivity contribution in [3.8, 4) is 17.1 Å². The van der Waals surface area contributed by atoms with E-state index in [2.05, 4.69) is 4.99 Å². The summed E-state index contributed by atoms with van der Waals surface area (Å²) in [5, 5.41) is 12.0. The molecule has 4 aromatic rings. The number of benzene rings is 2. The zero-order valence-electron chi connectivity index (χ0n) is 21.5. The third kappa shape index (κ3) is 4.85. The van der Waals surface area contributed by atoms with E-state index in [1.54, 1.807) is 56.3 Å². The lowest BCUT2D eigenvalue weighted by atomic mass is 9.96. The largest absolute Gasteiger partial charge is 0.497 e. The highest BCUT2D eigenvalue weighted by Crippen LogP contribution is 2.35. The first-order chi connectivity index (χ1) is 19.2. The molecule has 12 heteroatoms. The zero-order valence-corrected chi connectivity index (χ0v) is 23.1. The Morgan fingerprint density at radius 1 is 1.25 bits per heavy atom. The number of nitrogens with zero attached hydrogens (tertiary/aromatic N) is 3. The van der Waals surface area contributed by atoms with Crippen LogP contribution in [0.3, 0.4) is 0 Å². The molecule has 0 saturated heterocycles. The maximum absolute atomic E-state index is 13.8. The van der Waals surface area contributed by atoms with Gasteiger partial charge in [-0.3, -0.25) is 19.5 Å². The third-order valence-electron chi connectivity index (χ3n) is 6.28. The number of hydrogen-bond acceptors (Lipinski definition) is 9. The second-order valence-corrected chi connectivity index (χ2v) is 10.1. The number of aromatic nitrogens is 1. The van der Waals surface area contributed by atoms with Crippen molar-refractivity contribution >= 4 is 40.7 Å². The molecule has 0 unspecified atom stereocenters. The Balaban J connectivity index is 1.64. The third-order valence-corrected chi connectivity index (χ3v) is 7.61. The average molecular weight is 580 g/mol. The fourth-order valence-corrected chi connectivity index (χ4v) is 5.75. The first-order valence-corrected chi connectivity index (χ1v) is 13.3. The minimum absolute atomic E-state index is 0.155. The molecule has 1 atom stereocenters. The lowest BCUT2D eigenvalue weighted by Crippen LogP contribution is -2.40. The quantitative estimate of drug-likeness (QED) is 0.177. The van der Waals surface area contributed by atoms with Crippen LogP contribution >= 0.6 is 22.9 Å². The molecule has 2 aromatic heterocycles. The minimum atomic E-state index is -0.847. The lowest BCUT2D eigenvalue weighted by Gasteiger charge is -2.25.